The van der Waals surface area contributed by atoms with Gasteiger partial charge in [-0.1, -0.05) is 11.6 Å². The average molecular weight is 230 g/mol. The summed E-state index contributed by atoms with van der Waals surface area (Å²) in [7, 11) is 0. The van der Waals surface area contributed by atoms with E-state index in [1.807, 2.05) is 0 Å². The SMILES string of the molecule is NCCCc1c(Cl)cc(F)c2c1CCO2. The summed E-state index contributed by atoms with van der Waals surface area (Å²) in [6.45, 7) is 1.16. The Morgan fingerprint density at radius 2 is 2.33 bits per heavy atom. The molecule has 0 bridgehead atoms. The summed E-state index contributed by atoms with van der Waals surface area (Å²) in [4.78, 5) is 0. The molecule has 0 atom stereocenters. The molecule has 0 radical (unpaired) electrons. The molecule has 1 heterocycles. The Morgan fingerprint density at radius 1 is 1.53 bits per heavy atom. The second-order valence-electron chi connectivity index (χ2n) is 3.62. The van der Waals surface area contributed by atoms with E-state index in [0.29, 0.717) is 23.9 Å². The van der Waals surface area contributed by atoms with E-state index >= 15 is 0 Å². The van der Waals surface area contributed by atoms with Crippen molar-refractivity contribution in [1.29, 1.82) is 0 Å². The normalized spacial score (nSPS) is 13.8. The van der Waals surface area contributed by atoms with Crippen LogP contribution in [-0.4, -0.2) is 13.2 Å². The van der Waals surface area contributed by atoms with Gasteiger partial charge in [0, 0.05) is 17.0 Å². The van der Waals surface area contributed by atoms with Gasteiger partial charge in [-0.2, -0.15) is 0 Å². The minimum Gasteiger partial charge on any atom is -0.490 e. The van der Waals surface area contributed by atoms with Gasteiger partial charge in [0.25, 0.3) is 0 Å². The van der Waals surface area contributed by atoms with Crippen molar-refractivity contribution in [2.75, 3.05) is 13.2 Å². The highest BCUT2D eigenvalue weighted by molar-refractivity contribution is 6.31. The second kappa shape index (κ2) is 4.37. The first-order valence-electron chi connectivity index (χ1n) is 5.06. The molecule has 0 aliphatic carbocycles. The van der Waals surface area contributed by atoms with Gasteiger partial charge in [0.15, 0.2) is 11.6 Å². The maximum Gasteiger partial charge on any atom is 0.166 e. The Kier molecular flexibility index (Phi) is 3.12. The van der Waals surface area contributed by atoms with Gasteiger partial charge in [0.2, 0.25) is 0 Å². The molecule has 0 saturated heterocycles. The highest BCUT2D eigenvalue weighted by Gasteiger charge is 2.22. The Balaban J connectivity index is 2.40. The van der Waals surface area contributed by atoms with Gasteiger partial charge < -0.3 is 10.5 Å². The lowest BCUT2D eigenvalue weighted by Crippen LogP contribution is -2.03. The molecular weight excluding hydrogens is 217 g/mol. The summed E-state index contributed by atoms with van der Waals surface area (Å²) < 4.78 is 18.7. The van der Waals surface area contributed by atoms with Crippen LogP contribution in [0.3, 0.4) is 0 Å². The zero-order chi connectivity index (χ0) is 10.8. The lowest BCUT2D eigenvalue weighted by atomic mass is 10.0. The highest BCUT2D eigenvalue weighted by Crippen LogP contribution is 2.36. The van der Waals surface area contributed by atoms with Crippen molar-refractivity contribution in [3.05, 3.63) is 28.0 Å². The molecule has 2 nitrogen and oxygen atoms in total. The van der Waals surface area contributed by atoms with Crippen LogP contribution in [0.15, 0.2) is 6.07 Å². The Hall–Kier alpha value is -0.800. The van der Waals surface area contributed by atoms with Crippen LogP contribution in [0.4, 0.5) is 4.39 Å². The fraction of sp³-hybridized carbons (Fsp3) is 0.455. The smallest absolute Gasteiger partial charge is 0.166 e. The van der Waals surface area contributed by atoms with Crippen LogP contribution >= 0.6 is 11.6 Å². The zero-order valence-corrected chi connectivity index (χ0v) is 9.11. The van der Waals surface area contributed by atoms with Gasteiger partial charge in [-0.05, 0) is 31.0 Å². The van der Waals surface area contributed by atoms with Crippen molar-refractivity contribution in [3.63, 3.8) is 0 Å². The molecule has 0 fully saturated rings. The van der Waals surface area contributed by atoms with Crippen molar-refractivity contribution < 1.29 is 9.13 Å². The van der Waals surface area contributed by atoms with Crippen LogP contribution < -0.4 is 10.5 Å². The first-order chi connectivity index (χ1) is 7.24. The van der Waals surface area contributed by atoms with Crippen LogP contribution in [0.2, 0.25) is 5.02 Å². The molecule has 1 aliphatic rings. The molecule has 1 aliphatic heterocycles. The summed E-state index contributed by atoms with van der Waals surface area (Å²) in [5, 5.41) is 0.491. The number of nitrogens with two attached hydrogens (primary N) is 1. The van der Waals surface area contributed by atoms with Crippen LogP contribution in [-0.2, 0) is 12.8 Å². The van der Waals surface area contributed by atoms with Crippen molar-refractivity contribution in [3.8, 4) is 5.75 Å². The van der Waals surface area contributed by atoms with Crippen LogP contribution in [0.25, 0.3) is 0 Å². The van der Waals surface area contributed by atoms with E-state index in [2.05, 4.69) is 0 Å². The fourth-order valence-electron chi connectivity index (χ4n) is 1.91. The molecular formula is C11H13ClFNO. The number of benzene rings is 1. The van der Waals surface area contributed by atoms with Crippen LogP contribution in [0, 0.1) is 5.82 Å². The molecule has 15 heavy (non-hydrogen) atoms. The summed E-state index contributed by atoms with van der Waals surface area (Å²) in [5.74, 6) is 0.0235. The number of ether oxygens (including phenoxy) is 1. The van der Waals surface area contributed by atoms with E-state index < -0.39 is 0 Å². The highest BCUT2D eigenvalue weighted by atomic mass is 35.5. The molecule has 0 saturated carbocycles. The molecule has 1 aromatic rings. The predicted molar refractivity (Wildman–Crippen MR) is 58.0 cm³/mol. The quantitative estimate of drug-likeness (QED) is 0.863. The Bertz CT molecular complexity index is 381. The van der Waals surface area contributed by atoms with Gasteiger partial charge in [-0.3, -0.25) is 0 Å². The van der Waals surface area contributed by atoms with Crippen molar-refractivity contribution in [2.45, 2.75) is 19.3 Å². The van der Waals surface area contributed by atoms with E-state index in [9.17, 15) is 4.39 Å². The summed E-state index contributed by atoms with van der Waals surface area (Å²) in [5.41, 5.74) is 7.37. The average Bonchev–Trinajstić information content (AvgIpc) is 2.66. The summed E-state index contributed by atoms with van der Waals surface area (Å²) in [6.07, 6.45) is 2.39. The third-order valence-electron chi connectivity index (χ3n) is 2.63. The maximum absolute atomic E-state index is 13.4. The van der Waals surface area contributed by atoms with Crippen molar-refractivity contribution in [2.24, 2.45) is 5.73 Å². The monoisotopic (exact) mass is 229 g/mol. The molecule has 0 amide bonds. The fourth-order valence-corrected chi connectivity index (χ4v) is 2.22. The van der Waals surface area contributed by atoms with Crippen molar-refractivity contribution in [1.82, 2.24) is 0 Å². The third-order valence-corrected chi connectivity index (χ3v) is 2.96. The summed E-state index contributed by atoms with van der Waals surface area (Å²) >= 11 is 6.01. The predicted octanol–water partition coefficient (Wildman–Crippen LogP) is 2.31. The Morgan fingerprint density at radius 3 is 3.07 bits per heavy atom. The number of hydrogen-bond donors (Lipinski definition) is 1. The van der Waals surface area contributed by atoms with Crippen LogP contribution in [0.5, 0.6) is 5.75 Å². The molecule has 0 unspecified atom stereocenters. The lowest BCUT2D eigenvalue weighted by Gasteiger charge is -2.09. The number of rotatable bonds is 3. The first kappa shape index (κ1) is 10.7. The van der Waals surface area contributed by atoms with Gasteiger partial charge in [-0.15, -0.1) is 0 Å². The van der Waals surface area contributed by atoms with E-state index in [0.717, 1.165) is 30.4 Å². The molecule has 2 N–H and O–H groups in total. The minimum atomic E-state index is -0.357. The molecule has 2 rings (SSSR count). The van der Waals surface area contributed by atoms with Gasteiger partial charge in [0.05, 0.1) is 6.61 Å². The molecule has 0 spiro atoms. The minimum absolute atomic E-state index is 0.357. The molecule has 82 valence electrons. The molecule has 0 aromatic heterocycles. The largest absolute Gasteiger partial charge is 0.490 e. The number of fused-ring (bicyclic) bond motifs is 1. The van der Waals surface area contributed by atoms with E-state index in [4.69, 9.17) is 22.1 Å². The van der Waals surface area contributed by atoms with Gasteiger partial charge in [-0.25, -0.2) is 4.39 Å². The topological polar surface area (TPSA) is 35.2 Å². The first-order valence-corrected chi connectivity index (χ1v) is 5.44. The van der Waals surface area contributed by atoms with Gasteiger partial charge >= 0.3 is 0 Å². The van der Waals surface area contributed by atoms with E-state index in [1.54, 1.807) is 0 Å². The van der Waals surface area contributed by atoms with Crippen LogP contribution in [0.1, 0.15) is 17.5 Å². The maximum atomic E-state index is 13.4. The van der Waals surface area contributed by atoms with E-state index in [-0.39, 0.29) is 5.82 Å². The van der Waals surface area contributed by atoms with Gasteiger partial charge in [0.1, 0.15) is 0 Å². The zero-order valence-electron chi connectivity index (χ0n) is 8.35. The second-order valence-corrected chi connectivity index (χ2v) is 4.02. The number of halogens is 2. The Labute approximate surface area is 93.2 Å². The van der Waals surface area contributed by atoms with Crippen molar-refractivity contribution >= 4 is 11.6 Å². The molecule has 1 aromatic carbocycles. The molecule has 4 heteroatoms. The lowest BCUT2D eigenvalue weighted by molar-refractivity contribution is 0.339. The summed E-state index contributed by atoms with van der Waals surface area (Å²) in [6, 6.07) is 1.33. The third kappa shape index (κ3) is 1.94. The standard InChI is InChI=1S/C11H13ClFNO/c12-9-6-10(13)11-8(3-5-15-11)7(9)2-1-4-14/h6H,1-5,14H2. The number of hydrogen-bond acceptors (Lipinski definition) is 2. The van der Waals surface area contributed by atoms with E-state index in [1.165, 1.54) is 6.07 Å².